The molecule has 2 rings (SSSR count). The summed E-state index contributed by atoms with van der Waals surface area (Å²) in [5.41, 5.74) is -0.168. The summed E-state index contributed by atoms with van der Waals surface area (Å²) in [6.45, 7) is 2.42. The first-order valence-corrected chi connectivity index (χ1v) is 5.75. The van der Waals surface area contributed by atoms with Gasteiger partial charge in [-0.2, -0.15) is 0 Å². The van der Waals surface area contributed by atoms with Crippen LogP contribution in [0.15, 0.2) is 18.2 Å². The van der Waals surface area contributed by atoms with Crippen molar-refractivity contribution in [2.45, 2.75) is 25.9 Å². The van der Waals surface area contributed by atoms with Gasteiger partial charge in [0.15, 0.2) is 17.4 Å². The fourth-order valence-electron chi connectivity index (χ4n) is 2.24. The van der Waals surface area contributed by atoms with Crippen LogP contribution in [0.4, 0.5) is 8.78 Å². The van der Waals surface area contributed by atoms with Crippen LogP contribution in [0.5, 0.6) is 0 Å². The van der Waals surface area contributed by atoms with E-state index < -0.39 is 11.6 Å². The van der Waals surface area contributed by atoms with Gasteiger partial charge in [-0.3, -0.25) is 4.79 Å². The zero-order valence-corrected chi connectivity index (χ0v) is 9.58. The number of carbonyl (C=O) groups is 1. The largest absolute Gasteiger partial charge is 0.377 e. The highest BCUT2D eigenvalue weighted by molar-refractivity contribution is 5.98. The van der Waals surface area contributed by atoms with Crippen LogP contribution in [0.1, 0.15) is 30.1 Å². The predicted molar refractivity (Wildman–Crippen MR) is 58.8 cm³/mol. The van der Waals surface area contributed by atoms with Gasteiger partial charge in [0.1, 0.15) is 0 Å². The quantitative estimate of drug-likeness (QED) is 0.759. The molecule has 1 aliphatic rings. The van der Waals surface area contributed by atoms with Gasteiger partial charge in [-0.05, 0) is 25.0 Å². The Kier molecular flexibility index (Phi) is 3.52. The second kappa shape index (κ2) is 4.92. The lowest BCUT2D eigenvalue weighted by molar-refractivity contribution is 0.0685. The zero-order valence-electron chi connectivity index (χ0n) is 9.58. The standard InChI is InChI=1S/C13H14F2O2/c1-2-11-8(6-7-17-11)13(16)9-4-3-5-10(14)12(9)15/h3-5,8,11H,2,6-7H2,1H3. The summed E-state index contributed by atoms with van der Waals surface area (Å²) in [6, 6.07) is 3.68. The van der Waals surface area contributed by atoms with E-state index in [1.807, 2.05) is 6.92 Å². The molecule has 1 aliphatic heterocycles. The molecule has 17 heavy (non-hydrogen) atoms. The number of halogens is 2. The van der Waals surface area contributed by atoms with E-state index in [2.05, 4.69) is 0 Å². The Bertz CT molecular complexity index is 431. The molecule has 1 fully saturated rings. The van der Waals surface area contributed by atoms with Crippen LogP contribution in [0.25, 0.3) is 0 Å². The first-order valence-electron chi connectivity index (χ1n) is 5.75. The Morgan fingerprint density at radius 2 is 2.24 bits per heavy atom. The van der Waals surface area contributed by atoms with Gasteiger partial charge in [0.25, 0.3) is 0 Å². The Hall–Kier alpha value is -1.29. The van der Waals surface area contributed by atoms with E-state index in [1.165, 1.54) is 12.1 Å². The van der Waals surface area contributed by atoms with Gasteiger partial charge in [0, 0.05) is 6.61 Å². The van der Waals surface area contributed by atoms with E-state index in [4.69, 9.17) is 4.74 Å². The van der Waals surface area contributed by atoms with Crippen molar-refractivity contribution >= 4 is 5.78 Å². The molecule has 2 atom stereocenters. The maximum Gasteiger partial charge on any atom is 0.171 e. The number of rotatable bonds is 3. The Morgan fingerprint density at radius 3 is 2.94 bits per heavy atom. The third-order valence-corrected chi connectivity index (χ3v) is 3.17. The van der Waals surface area contributed by atoms with Crippen LogP contribution in [0.2, 0.25) is 0 Å². The smallest absolute Gasteiger partial charge is 0.171 e. The number of carbonyl (C=O) groups excluding carboxylic acids is 1. The van der Waals surface area contributed by atoms with E-state index in [-0.39, 0.29) is 23.4 Å². The third-order valence-electron chi connectivity index (χ3n) is 3.17. The van der Waals surface area contributed by atoms with Crippen LogP contribution in [-0.4, -0.2) is 18.5 Å². The number of benzene rings is 1. The highest BCUT2D eigenvalue weighted by Crippen LogP contribution is 2.28. The molecule has 0 aliphatic carbocycles. The van der Waals surface area contributed by atoms with Crippen LogP contribution >= 0.6 is 0 Å². The molecule has 92 valence electrons. The van der Waals surface area contributed by atoms with Crippen molar-refractivity contribution in [1.82, 2.24) is 0 Å². The minimum atomic E-state index is -1.06. The normalized spacial score (nSPS) is 23.9. The third kappa shape index (κ3) is 2.22. The molecular formula is C13H14F2O2. The molecule has 4 heteroatoms. The summed E-state index contributed by atoms with van der Waals surface area (Å²) in [4.78, 5) is 12.1. The fraction of sp³-hybridized carbons (Fsp3) is 0.462. The Balaban J connectivity index is 2.28. The van der Waals surface area contributed by atoms with E-state index in [1.54, 1.807) is 0 Å². The summed E-state index contributed by atoms with van der Waals surface area (Å²) in [6.07, 6.45) is 1.10. The summed E-state index contributed by atoms with van der Waals surface area (Å²) < 4.78 is 31.9. The molecule has 1 aromatic rings. The molecule has 0 N–H and O–H groups in total. The van der Waals surface area contributed by atoms with Crippen molar-refractivity contribution in [3.8, 4) is 0 Å². The monoisotopic (exact) mass is 240 g/mol. The number of ketones is 1. The molecule has 2 unspecified atom stereocenters. The van der Waals surface area contributed by atoms with Crippen molar-refractivity contribution in [1.29, 1.82) is 0 Å². The summed E-state index contributed by atoms with van der Waals surface area (Å²) >= 11 is 0. The van der Waals surface area contributed by atoms with Crippen molar-refractivity contribution in [2.24, 2.45) is 5.92 Å². The van der Waals surface area contributed by atoms with Gasteiger partial charge in [-0.1, -0.05) is 13.0 Å². The molecule has 1 saturated heterocycles. The van der Waals surface area contributed by atoms with Crippen LogP contribution in [0.3, 0.4) is 0 Å². The molecule has 0 aromatic heterocycles. The highest BCUT2D eigenvalue weighted by atomic mass is 19.2. The van der Waals surface area contributed by atoms with Gasteiger partial charge in [0.2, 0.25) is 0 Å². The van der Waals surface area contributed by atoms with Crippen molar-refractivity contribution in [3.05, 3.63) is 35.4 Å². The number of hydrogen-bond donors (Lipinski definition) is 0. The van der Waals surface area contributed by atoms with Gasteiger partial charge in [-0.15, -0.1) is 0 Å². The second-order valence-electron chi connectivity index (χ2n) is 4.18. The number of hydrogen-bond acceptors (Lipinski definition) is 2. The first-order chi connectivity index (χ1) is 8.15. The van der Waals surface area contributed by atoms with Crippen LogP contribution < -0.4 is 0 Å². The summed E-state index contributed by atoms with van der Waals surface area (Å²) in [5.74, 6) is -2.75. The second-order valence-corrected chi connectivity index (χ2v) is 4.18. The maximum absolute atomic E-state index is 13.5. The highest BCUT2D eigenvalue weighted by Gasteiger charge is 2.34. The molecule has 2 nitrogen and oxygen atoms in total. The SMILES string of the molecule is CCC1OCCC1C(=O)c1cccc(F)c1F. The molecule has 0 bridgehead atoms. The topological polar surface area (TPSA) is 26.3 Å². The maximum atomic E-state index is 13.5. The van der Waals surface area contributed by atoms with Crippen LogP contribution in [0, 0.1) is 17.6 Å². The lowest BCUT2D eigenvalue weighted by atomic mass is 9.90. The molecule has 0 radical (unpaired) electrons. The number of Topliss-reactive ketones (excluding diaryl/α,β-unsaturated/α-hetero) is 1. The molecule has 0 amide bonds. The molecule has 0 saturated carbocycles. The first kappa shape index (κ1) is 12.2. The van der Waals surface area contributed by atoms with Gasteiger partial charge in [0.05, 0.1) is 17.6 Å². The van der Waals surface area contributed by atoms with E-state index >= 15 is 0 Å². The minimum Gasteiger partial charge on any atom is -0.377 e. The predicted octanol–water partition coefficient (Wildman–Crippen LogP) is 2.96. The zero-order chi connectivity index (χ0) is 12.4. The summed E-state index contributed by atoms with van der Waals surface area (Å²) in [5, 5.41) is 0. The van der Waals surface area contributed by atoms with Crippen molar-refractivity contribution < 1.29 is 18.3 Å². The van der Waals surface area contributed by atoms with E-state index in [0.717, 1.165) is 6.07 Å². The van der Waals surface area contributed by atoms with Gasteiger partial charge < -0.3 is 4.74 Å². The molecular weight excluding hydrogens is 226 g/mol. The molecule has 0 spiro atoms. The Labute approximate surface area is 98.6 Å². The Morgan fingerprint density at radius 1 is 1.47 bits per heavy atom. The average Bonchev–Trinajstić information content (AvgIpc) is 2.80. The lowest BCUT2D eigenvalue weighted by Crippen LogP contribution is -2.24. The van der Waals surface area contributed by atoms with Gasteiger partial charge >= 0.3 is 0 Å². The van der Waals surface area contributed by atoms with Crippen LogP contribution in [-0.2, 0) is 4.74 Å². The molecule has 1 heterocycles. The summed E-state index contributed by atoms with van der Waals surface area (Å²) in [7, 11) is 0. The fourth-order valence-corrected chi connectivity index (χ4v) is 2.24. The van der Waals surface area contributed by atoms with Crippen molar-refractivity contribution in [3.63, 3.8) is 0 Å². The minimum absolute atomic E-state index is 0.168. The van der Waals surface area contributed by atoms with E-state index in [9.17, 15) is 13.6 Å². The van der Waals surface area contributed by atoms with E-state index in [0.29, 0.717) is 19.4 Å². The lowest BCUT2D eigenvalue weighted by Gasteiger charge is -2.15. The van der Waals surface area contributed by atoms with Gasteiger partial charge in [-0.25, -0.2) is 8.78 Å². The van der Waals surface area contributed by atoms with Crippen molar-refractivity contribution in [2.75, 3.05) is 6.61 Å². The molecule has 1 aromatic carbocycles. The number of ether oxygens (including phenoxy) is 1. The average molecular weight is 240 g/mol.